The van der Waals surface area contributed by atoms with Crippen molar-refractivity contribution in [1.29, 1.82) is 0 Å². The first-order valence-corrected chi connectivity index (χ1v) is 6.70. The molecule has 0 saturated carbocycles. The summed E-state index contributed by atoms with van der Waals surface area (Å²) in [7, 11) is 0. The SMILES string of the molecule is Cc1ccccc1OC(C)c1nc(-c2ccncc2)no1. The lowest BCUT2D eigenvalue weighted by Gasteiger charge is -2.12. The maximum Gasteiger partial charge on any atom is 0.267 e. The van der Waals surface area contributed by atoms with Crippen LogP contribution in [0.1, 0.15) is 24.5 Å². The van der Waals surface area contributed by atoms with Gasteiger partial charge in [-0.05, 0) is 37.6 Å². The molecule has 5 nitrogen and oxygen atoms in total. The Balaban J connectivity index is 1.79. The third-order valence-corrected chi connectivity index (χ3v) is 3.13. The minimum Gasteiger partial charge on any atom is -0.481 e. The van der Waals surface area contributed by atoms with E-state index in [-0.39, 0.29) is 6.10 Å². The van der Waals surface area contributed by atoms with E-state index < -0.39 is 0 Å². The van der Waals surface area contributed by atoms with E-state index in [0.29, 0.717) is 11.7 Å². The van der Waals surface area contributed by atoms with E-state index in [1.807, 2.05) is 50.2 Å². The molecule has 1 atom stereocenters. The summed E-state index contributed by atoms with van der Waals surface area (Å²) in [6, 6.07) is 11.5. The maximum atomic E-state index is 5.87. The van der Waals surface area contributed by atoms with Crippen LogP contribution < -0.4 is 4.74 Å². The molecule has 0 spiro atoms. The maximum absolute atomic E-state index is 5.87. The van der Waals surface area contributed by atoms with E-state index in [4.69, 9.17) is 9.26 Å². The second kappa shape index (κ2) is 5.75. The van der Waals surface area contributed by atoms with E-state index in [0.717, 1.165) is 16.9 Å². The Bertz CT molecular complexity index is 725. The Hall–Kier alpha value is -2.69. The fourth-order valence-electron chi connectivity index (χ4n) is 1.95. The van der Waals surface area contributed by atoms with Gasteiger partial charge < -0.3 is 9.26 Å². The van der Waals surface area contributed by atoms with Crippen LogP contribution in [0.2, 0.25) is 0 Å². The van der Waals surface area contributed by atoms with Crippen molar-refractivity contribution < 1.29 is 9.26 Å². The van der Waals surface area contributed by atoms with Gasteiger partial charge in [-0.3, -0.25) is 4.98 Å². The molecule has 2 heterocycles. The second-order valence-electron chi connectivity index (χ2n) is 4.72. The number of rotatable bonds is 4. The van der Waals surface area contributed by atoms with Gasteiger partial charge in [-0.25, -0.2) is 0 Å². The smallest absolute Gasteiger partial charge is 0.267 e. The van der Waals surface area contributed by atoms with Crippen LogP contribution in [-0.2, 0) is 0 Å². The zero-order valence-corrected chi connectivity index (χ0v) is 11.9. The van der Waals surface area contributed by atoms with Gasteiger partial charge in [0, 0.05) is 18.0 Å². The molecule has 0 aliphatic heterocycles. The number of ether oxygens (including phenoxy) is 1. The summed E-state index contributed by atoms with van der Waals surface area (Å²) in [5, 5.41) is 3.98. The van der Waals surface area contributed by atoms with Crippen LogP contribution in [0.5, 0.6) is 5.75 Å². The molecule has 0 aliphatic rings. The molecule has 5 heteroatoms. The van der Waals surface area contributed by atoms with E-state index in [2.05, 4.69) is 15.1 Å². The molecular formula is C16H15N3O2. The number of aromatic nitrogens is 3. The fourth-order valence-corrected chi connectivity index (χ4v) is 1.95. The summed E-state index contributed by atoms with van der Waals surface area (Å²) in [5.74, 6) is 1.80. The van der Waals surface area contributed by atoms with Gasteiger partial charge in [0.05, 0.1) is 0 Å². The number of hydrogen-bond donors (Lipinski definition) is 0. The predicted molar refractivity (Wildman–Crippen MR) is 77.8 cm³/mol. The Morgan fingerprint density at radius 3 is 2.62 bits per heavy atom. The van der Waals surface area contributed by atoms with Crippen molar-refractivity contribution in [2.45, 2.75) is 20.0 Å². The molecular weight excluding hydrogens is 266 g/mol. The molecule has 0 radical (unpaired) electrons. The molecule has 0 bridgehead atoms. The van der Waals surface area contributed by atoms with Crippen LogP contribution >= 0.6 is 0 Å². The lowest BCUT2D eigenvalue weighted by atomic mass is 10.2. The molecule has 0 N–H and O–H groups in total. The lowest BCUT2D eigenvalue weighted by molar-refractivity contribution is 0.175. The van der Waals surface area contributed by atoms with E-state index in [1.165, 1.54) is 0 Å². The van der Waals surface area contributed by atoms with Gasteiger partial charge in [-0.1, -0.05) is 23.4 Å². The normalized spacial score (nSPS) is 12.1. The van der Waals surface area contributed by atoms with Crippen molar-refractivity contribution in [3.05, 3.63) is 60.2 Å². The first-order valence-electron chi connectivity index (χ1n) is 6.70. The summed E-state index contributed by atoms with van der Waals surface area (Å²) < 4.78 is 11.2. The molecule has 21 heavy (non-hydrogen) atoms. The van der Waals surface area contributed by atoms with Gasteiger partial charge in [0.1, 0.15) is 5.75 Å². The summed E-state index contributed by atoms with van der Waals surface area (Å²) in [6.07, 6.45) is 3.08. The highest BCUT2D eigenvalue weighted by Gasteiger charge is 2.17. The number of aryl methyl sites for hydroxylation is 1. The molecule has 3 rings (SSSR count). The predicted octanol–water partition coefficient (Wildman–Crippen LogP) is 3.58. The number of para-hydroxylation sites is 1. The highest BCUT2D eigenvalue weighted by molar-refractivity contribution is 5.52. The average molecular weight is 281 g/mol. The molecule has 0 aliphatic carbocycles. The Labute approximate surface area is 122 Å². The topological polar surface area (TPSA) is 61.0 Å². The zero-order chi connectivity index (χ0) is 14.7. The van der Waals surface area contributed by atoms with E-state index in [1.54, 1.807) is 12.4 Å². The van der Waals surface area contributed by atoms with Gasteiger partial charge in [-0.2, -0.15) is 4.98 Å². The monoisotopic (exact) mass is 281 g/mol. The molecule has 3 aromatic rings. The van der Waals surface area contributed by atoms with Crippen molar-refractivity contribution in [3.63, 3.8) is 0 Å². The third kappa shape index (κ3) is 2.91. The van der Waals surface area contributed by atoms with Crippen LogP contribution in [0.15, 0.2) is 53.3 Å². The minimum atomic E-state index is -0.311. The molecule has 0 saturated heterocycles. The van der Waals surface area contributed by atoms with Crippen LogP contribution in [0.3, 0.4) is 0 Å². The standard InChI is InChI=1S/C16H15N3O2/c1-11-5-3-4-6-14(11)20-12(2)16-18-15(19-21-16)13-7-9-17-10-8-13/h3-10,12H,1-2H3. The van der Waals surface area contributed by atoms with Crippen LogP contribution in [-0.4, -0.2) is 15.1 Å². The van der Waals surface area contributed by atoms with E-state index >= 15 is 0 Å². The number of pyridine rings is 1. The van der Waals surface area contributed by atoms with Crippen LogP contribution in [0.4, 0.5) is 0 Å². The first-order chi connectivity index (χ1) is 10.2. The zero-order valence-electron chi connectivity index (χ0n) is 11.9. The Morgan fingerprint density at radius 2 is 1.86 bits per heavy atom. The minimum absolute atomic E-state index is 0.311. The Morgan fingerprint density at radius 1 is 1.10 bits per heavy atom. The van der Waals surface area contributed by atoms with Crippen LogP contribution in [0, 0.1) is 6.92 Å². The molecule has 2 aromatic heterocycles. The average Bonchev–Trinajstić information content (AvgIpc) is 3.00. The number of hydrogen-bond acceptors (Lipinski definition) is 5. The number of benzene rings is 1. The van der Waals surface area contributed by atoms with Gasteiger partial charge in [0.2, 0.25) is 5.82 Å². The molecule has 0 amide bonds. The summed E-state index contributed by atoms with van der Waals surface area (Å²) in [5.41, 5.74) is 1.93. The largest absolute Gasteiger partial charge is 0.481 e. The van der Waals surface area contributed by atoms with Crippen molar-refractivity contribution >= 4 is 0 Å². The van der Waals surface area contributed by atoms with Gasteiger partial charge >= 0.3 is 0 Å². The van der Waals surface area contributed by atoms with Crippen molar-refractivity contribution in [3.8, 4) is 17.1 Å². The third-order valence-electron chi connectivity index (χ3n) is 3.13. The van der Waals surface area contributed by atoms with Crippen molar-refractivity contribution in [2.24, 2.45) is 0 Å². The lowest BCUT2D eigenvalue weighted by Crippen LogP contribution is -2.04. The van der Waals surface area contributed by atoms with Crippen LogP contribution in [0.25, 0.3) is 11.4 Å². The molecule has 1 unspecified atom stereocenters. The van der Waals surface area contributed by atoms with Crippen molar-refractivity contribution in [1.82, 2.24) is 15.1 Å². The van der Waals surface area contributed by atoms with Gasteiger partial charge in [-0.15, -0.1) is 0 Å². The van der Waals surface area contributed by atoms with Gasteiger partial charge in [0.15, 0.2) is 6.10 Å². The summed E-state index contributed by atoms with van der Waals surface area (Å²) in [6.45, 7) is 3.88. The highest BCUT2D eigenvalue weighted by Crippen LogP contribution is 2.25. The molecule has 1 aromatic carbocycles. The van der Waals surface area contributed by atoms with Gasteiger partial charge in [0.25, 0.3) is 5.89 Å². The summed E-state index contributed by atoms with van der Waals surface area (Å²) in [4.78, 5) is 8.34. The first kappa shape index (κ1) is 13.3. The van der Waals surface area contributed by atoms with Crippen molar-refractivity contribution in [2.75, 3.05) is 0 Å². The second-order valence-corrected chi connectivity index (χ2v) is 4.72. The Kier molecular flexibility index (Phi) is 3.64. The van der Waals surface area contributed by atoms with E-state index in [9.17, 15) is 0 Å². The summed E-state index contributed by atoms with van der Waals surface area (Å²) >= 11 is 0. The molecule has 0 fully saturated rings. The molecule has 106 valence electrons. The highest BCUT2D eigenvalue weighted by atomic mass is 16.5. The quantitative estimate of drug-likeness (QED) is 0.731. The number of nitrogens with zero attached hydrogens (tertiary/aromatic N) is 3. The fraction of sp³-hybridized carbons (Fsp3) is 0.188.